The Labute approximate surface area is 53.1 Å². The van der Waals surface area contributed by atoms with Crippen molar-refractivity contribution in [3.05, 3.63) is 34.4 Å². The Morgan fingerprint density at radius 1 is 1.67 bits per heavy atom. The molecule has 0 radical (unpaired) electrons. The van der Waals surface area contributed by atoms with Crippen LogP contribution in [0, 0.1) is 0 Å². The predicted octanol–water partition coefficient (Wildman–Crippen LogP) is 1.20. The van der Waals surface area contributed by atoms with Gasteiger partial charge in [0.1, 0.15) is 0 Å². The van der Waals surface area contributed by atoms with Crippen LogP contribution < -0.4 is 5.63 Å². The van der Waals surface area contributed by atoms with Crippen molar-refractivity contribution in [3.8, 4) is 0 Å². The van der Waals surface area contributed by atoms with E-state index in [2.05, 4.69) is 4.42 Å². The maximum Gasteiger partial charge on any atom is 0.335 e. The van der Waals surface area contributed by atoms with E-state index in [1.807, 2.05) is 6.92 Å². The number of hydrogen-bond acceptors (Lipinski definition) is 2. The molecule has 0 atom stereocenters. The van der Waals surface area contributed by atoms with Gasteiger partial charge in [0.05, 0.1) is 6.26 Å². The van der Waals surface area contributed by atoms with E-state index in [-0.39, 0.29) is 5.63 Å². The van der Waals surface area contributed by atoms with Crippen LogP contribution in [-0.4, -0.2) is 0 Å². The lowest BCUT2D eigenvalue weighted by atomic mass is 10.2. The molecule has 1 heterocycles. The van der Waals surface area contributed by atoms with Crippen molar-refractivity contribution >= 4 is 0 Å². The molecule has 2 heteroatoms. The van der Waals surface area contributed by atoms with Crippen molar-refractivity contribution in [1.29, 1.82) is 0 Å². The lowest BCUT2D eigenvalue weighted by Crippen LogP contribution is -1.96. The zero-order valence-electron chi connectivity index (χ0n) is 5.26. The second-order valence-electron chi connectivity index (χ2n) is 1.81. The zero-order valence-corrected chi connectivity index (χ0v) is 5.26. The van der Waals surface area contributed by atoms with Crippen LogP contribution in [-0.2, 0) is 6.42 Å². The van der Waals surface area contributed by atoms with Crippen LogP contribution in [0.25, 0.3) is 0 Å². The lowest BCUT2D eigenvalue weighted by Gasteiger charge is -1.88. The summed E-state index contributed by atoms with van der Waals surface area (Å²) in [7, 11) is 0. The van der Waals surface area contributed by atoms with Crippen LogP contribution >= 0.6 is 0 Å². The molecule has 9 heavy (non-hydrogen) atoms. The fourth-order valence-corrected chi connectivity index (χ4v) is 0.642. The number of rotatable bonds is 1. The molecular formula is C7H8O2. The summed E-state index contributed by atoms with van der Waals surface area (Å²) in [6, 6.07) is 3.29. The second-order valence-corrected chi connectivity index (χ2v) is 1.81. The van der Waals surface area contributed by atoms with Gasteiger partial charge in [-0.3, -0.25) is 0 Å². The van der Waals surface area contributed by atoms with E-state index < -0.39 is 0 Å². The Balaban J connectivity index is 3.08. The van der Waals surface area contributed by atoms with E-state index in [1.165, 1.54) is 12.3 Å². The molecule has 0 aliphatic rings. The van der Waals surface area contributed by atoms with Crippen LogP contribution in [0.4, 0.5) is 0 Å². The topological polar surface area (TPSA) is 30.2 Å². The van der Waals surface area contributed by atoms with Gasteiger partial charge in [-0.1, -0.05) is 6.92 Å². The molecule has 1 rings (SSSR count). The molecule has 1 aromatic heterocycles. The molecule has 0 saturated carbocycles. The van der Waals surface area contributed by atoms with Crippen molar-refractivity contribution in [1.82, 2.24) is 0 Å². The molecule has 0 bridgehead atoms. The summed E-state index contributed by atoms with van der Waals surface area (Å²) >= 11 is 0. The summed E-state index contributed by atoms with van der Waals surface area (Å²) in [5, 5.41) is 0. The first-order valence-electron chi connectivity index (χ1n) is 2.90. The average Bonchev–Trinajstić information content (AvgIpc) is 1.88. The molecule has 0 aliphatic carbocycles. The second kappa shape index (κ2) is 2.49. The van der Waals surface area contributed by atoms with Gasteiger partial charge in [-0.15, -0.1) is 0 Å². The Morgan fingerprint density at radius 3 is 2.89 bits per heavy atom. The highest BCUT2D eigenvalue weighted by Crippen LogP contribution is 1.92. The summed E-state index contributed by atoms with van der Waals surface area (Å²) in [6.07, 6.45) is 2.30. The summed E-state index contributed by atoms with van der Waals surface area (Å²) in [5.41, 5.74) is 0.751. The third-order valence-electron chi connectivity index (χ3n) is 1.18. The Morgan fingerprint density at radius 2 is 2.44 bits per heavy atom. The number of hydrogen-bond donors (Lipinski definition) is 0. The van der Waals surface area contributed by atoms with Gasteiger partial charge in [0.2, 0.25) is 0 Å². The quantitative estimate of drug-likeness (QED) is 0.563. The normalized spacial score (nSPS) is 9.44. The van der Waals surface area contributed by atoms with Gasteiger partial charge in [-0.25, -0.2) is 4.79 Å². The number of aryl methyl sites for hydroxylation is 1. The van der Waals surface area contributed by atoms with Crippen LogP contribution in [0.5, 0.6) is 0 Å². The lowest BCUT2D eigenvalue weighted by molar-refractivity contribution is 0.508. The molecule has 48 valence electrons. The van der Waals surface area contributed by atoms with Gasteiger partial charge < -0.3 is 4.42 Å². The van der Waals surface area contributed by atoms with E-state index >= 15 is 0 Å². The van der Waals surface area contributed by atoms with E-state index in [0.29, 0.717) is 0 Å². The van der Waals surface area contributed by atoms with Gasteiger partial charge in [-0.2, -0.15) is 0 Å². The first-order chi connectivity index (χ1) is 4.33. The maximum atomic E-state index is 10.5. The molecule has 0 aliphatic heterocycles. The minimum Gasteiger partial charge on any atom is -0.431 e. The fraction of sp³-hybridized carbons (Fsp3) is 0.286. The molecular weight excluding hydrogens is 116 g/mol. The summed E-state index contributed by atoms with van der Waals surface area (Å²) < 4.78 is 4.51. The van der Waals surface area contributed by atoms with Crippen molar-refractivity contribution < 1.29 is 4.42 Å². The van der Waals surface area contributed by atoms with Gasteiger partial charge in [0.15, 0.2) is 0 Å². The molecule has 0 spiro atoms. The van der Waals surface area contributed by atoms with Gasteiger partial charge in [-0.05, 0) is 18.1 Å². The molecule has 0 saturated heterocycles. The minimum atomic E-state index is -0.269. The van der Waals surface area contributed by atoms with Crippen molar-refractivity contribution in [3.63, 3.8) is 0 Å². The summed E-state index contributed by atoms with van der Waals surface area (Å²) in [5.74, 6) is 0. The predicted molar refractivity (Wildman–Crippen MR) is 34.4 cm³/mol. The monoisotopic (exact) mass is 124 g/mol. The van der Waals surface area contributed by atoms with E-state index in [9.17, 15) is 4.79 Å². The molecule has 2 nitrogen and oxygen atoms in total. The molecule has 1 aromatic rings. The van der Waals surface area contributed by atoms with E-state index in [4.69, 9.17) is 0 Å². The van der Waals surface area contributed by atoms with Crippen molar-refractivity contribution in [2.75, 3.05) is 0 Å². The molecule has 0 unspecified atom stereocenters. The molecule has 0 N–H and O–H groups in total. The fourth-order valence-electron chi connectivity index (χ4n) is 0.642. The van der Waals surface area contributed by atoms with Gasteiger partial charge in [0, 0.05) is 6.07 Å². The van der Waals surface area contributed by atoms with Crippen molar-refractivity contribution in [2.45, 2.75) is 13.3 Å². The third kappa shape index (κ3) is 1.42. The summed E-state index contributed by atoms with van der Waals surface area (Å²) in [4.78, 5) is 10.5. The first kappa shape index (κ1) is 6.08. The van der Waals surface area contributed by atoms with Gasteiger partial charge >= 0.3 is 5.63 Å². The third-order valence-corrected chi connectivity index (χ3v) is 1.18. The molecule has 0 amide bonds. The zero-order chi connectivity index (χ0) is 6.69. The highest BCUT2D eigenvalue weighted by Gasteiger charge is 1.87. The Bertz CT molecular complexity index is 237. The largest absolute Gasteiger partial charge is 0.431 e. The van der Waals surface area contributed by atoms with Crippen LogP contribution in [0.1, 0.15) is 12.5 Å². The van der Waals surface area contributed by atoms with E-state index in [1.54, 1.807) is 6.07 Å². The van der Waals surface area contributed by atoms with Gasteiger partial charge in [0.25, 0.3) is 0 Å². The standard InChI is InChI=1S/C7H8O2/c1-2-6-3-4-9-7(8)5-6/h3-5H,2H2,1H3. The summed E-state index contributed by atoms with van der Waals surface area (Å²) in [6.45, 7) is 1.99. The van der Waals surface area contributed by atoms with E-state index in [0.717, 1.165) is 12.0 Å². The highest BCUT2D eigenvalue weighted by atomic mass is 16.4. The smallest absolute Gasteiger partial charge is 0.335 e. The van der Waals surface area contributed by atoms with Crippen LogP contribution in [0.3, 0.4) is 0 Å². The Kier molecular flexibility index (Phi) is 1.68. The molecule has 0 aromatic carbocycles. The average molecular weight is 124 g/mol. The Hall–Kier alpha value is -1.05. The maximum absolute atomic E-state index is 10.5. The van der Waals surface area contributed by atoms with Crippen molar-refractivity contribution in [2.24, 2.45) is 0 Å². The van der Waals surface area contributed by atoms with Crippen LogP contribution in [0.2, 0.25) is 0 Å². The minimum absolute atomic E-state index is 0.269. The highest BCUT2D eigenvalue weighted by molar-refractivity contribution is 5.06. The first-order valence-corrected chi connectivity index (χ1v) is 2.90. The SMILES string of the molecule is CCc1ccoc(=O)c1. The van der Waals surface area contributed by atoms with Crippen LogP contribution in [0.15, 0.2) is 27.6 Å². The molecule has 0 fully saturated rings.